The summed E-state index contributed by atoms with van der Waals surface area (Å²) >= 11 is 0. The molecule has 0 heterocycles. The number of carboxylic acid groups (broad SMARTS) is 2. The monoisotopic (exact) mass is 340 g/mol. The molecule has 1 unspecified atom stereocenters. The zero-order chi connectivity index (χ0) is 17.5. The molecule has 0 radical (unpaired) electrons. The number of hydrogen-bond donors (Lipinski definition) is 2. The Kier molecular flexibility index (Phi) is 4.47. The van der Waals surface area contributed by atoms with Crippen LogP contribution in [-0.2, 0) is 14.3 Å². The molecule has 0 amide bonds. The van der Waals surface area contributed by atoms with E-state index in [1.54, 1.807) is 0 Å². The zero-order valence-corrected chi connectivity index (χ0v) is 10.3. The van der Waals surface area contributed by atoms with E-state index < -0.39 is 60.2 Å². The average molecular weight is 340 g/mol. The highest BCUT2D eigenvalue weighted by atomic mass is 19.4. The lowest BCUT2D eigenvalue weighted by atomic mass is 9.77. The van der Waals surface area contributed by atoms with Gasteiger partial charge >= 0.3 is 30.1 Å². The minimum absolute atomic E-state index is 0.650. The Bertz CT molecular complexity index is 505. The van der Waals surface area contributed by atoms with E-state index in [0.29, 0.717) is 0 Å². The first kappa shape index (κ1) is 18.2. The molecule has 0 aromatic heterocycles. The minimum Gasteiger partial charge on any atom is -0.478 e. The van der Waals surface area contributed by atoms with Crippen molar-refractivity contribution < 1.29 is 55.3 Å². The number of alkyl halides is 7. The minimum atomic E-state index is -6.43. The van der Waals surface area contributed by atoms with Gasteiger partial charge in [-0.15, -0.1) is 0 Å². The van der Waals surface area contributed by atoms with Gasteiger partial charge in [-0.25, -0.2) is 9.59 Å². The SMILES string of the molecule is O=C(O)C1=C(C(=O)O)C(COC(F)(C(F)(F)F)C(F)(F)F)C1. The largest absolute Gasteiger partial charge is 0.478 e. The molecular formula is C10H7F7O5. The first-order chi connectivity index (χ1) is 9.72. The summed E-state index contributed by atoms with van der Waals surface area (Å²) in [4.78, 5) is 21.3. The standard InChI is InChI=1S/C10H7F7O5/c11-8(9(12,13)14,10(15,16)17)22-2-3-1-4(6(18)19)5(3)7(20)21/h3H,1-2H2,(H,18,19)(H,20,21). The molecule has 1 aliphatic carbocycles. The lowest BCUT2D eigenvalue weighted by molar-refractivity contribution is -0.431. The van der Waals surface area contributed by atoms with Crippen molar-refractivity contribution in [2.45, 2.75) is 24.6 Å². The molecule has 0 saturated heterocycles. The van der Waals surface area contributed by atoms with Crippen LogP contribution in [0.25, 0.3) is 0 Å². The van der Waals surface area contributed by atoms with Crippen LogP contribution < -0.4 is 0 Å². The van der Waals surface area contributed by atoms with E-state index in [2.05, 4.69) is 4.74 Å². The van der Waals surface area contributed by atoms with Gasteiger partial charge in [-0.3, -0.25) is 0 Å². The highest BCUT2D eigenvalue weighted by molar-refractivity contribution is 6.02. The molecule has 0 aromatic rings. The maximum absolute atomic E-state index is 13.2. The van der Waals surface area contributed by atoms with Gasteiger partial charge in [-0.2, -0.15) is 30.7 Å². The fourth-order valence-corrected chi connectivity index (χ4v) is 1.76. The molecule has 22 heavy (non-hydrogen) atoms. The number of carbonyl (C=O) groups is 2. The Morgan fingerprint density at radius 2 is 1.45 bits per heavy atom. The van der Waals surface area contributed by atoms with Crippen LogP contribution in [0, 0.1) is 5.92 Å². The first-order valence-corrected chi connectivity index (χ1v) is 5.38. The van der Waals surface area contributed by atoms with Crippen molar-refractivity contribution in [1.29, 1.82) is 0 Å². The van der Waals surface area contributed by atoms with Gasteiger partial charge in [-0.05, 0) is 6.42 Å². The Morgan fingerprint density at radius 3 is 1.77 bits per heavy atom. The Hall–Kier alpha value is -1.85. The van der Waals surface area contributed by atoms with E-state index in [1.807, 2.05) is 0 Å². The number of hydrogen-bond acceptors (Lipinski definition) is 3. The van der Waals surface area contributed by atoms with Gasteiger partial charge in [0, 0.05) is 11.5 Å². The molecule has 12 heteroatoms. The summed E-state index contributed by atoms with van der Waals surface area (Å²) < 4.78 is 89.6. The first-order valence-electron chi connectivity index (χ1n) is 5.38. The maximum Gasteiger partial charge on any atom is 0.458 e. The van der Waals surface area contributed by atoms with Gasteiger partial charge in [0.15, 0.2) is 0 Å². The topological polar surface area (TPSA) is 83.8 Å². The van der Waals surface area contributed by atoms with Crippen LogP contribution in [0.5, 0.6) is 0 Å². The van der Waals surface area contributed by atoms with Crippen LogP contribution >= 0.6 is 0 Å². The second kappa shape index (κ2) is 5.41. The summed E-state index contributed by atoms with van der Waals surface area (Å²) in [5, 5.41) is 17.2. The van der Waals surface area contributed by atoms with Crippen molar-refractivity contribution in [1.82, 2.24) is 0 Å². The number of ether oxygens (including phenoxy) is 1. The molecule has 0 aromatic carbocycles. The number of rotatable bonds is 5. The lowest BCUT2D eigenvalue weighted by Gasteiger charge is -2.34. The molecular weight excluding hydrogens is 333 g/mol. The van der Waals surface area contributed by atoms with Gasteiger partial charge in [0.1, 0.15) is 0 Å². The fraction of sp³-hybridized carbons (Fsp3) is 0.600. The third kappa shape index (κ3) is 3.00. The fourth-order valence-electron chi connectivity index (χ4n) is 1.76. The highest BCUT2D eigenvalue weighted by Gasteiger charge is 2.74. The smallest absolute Gasteiger partial charge is 0.458 e. The molecule has 1 atom stereocenters. The number of carboxylic acids is 2. The van der Waals surface area contributed by atoms with E-state index in [1.165, 1.54) is 0 Å². The predicted molar refractivity (Wildman–Crippen MR) is 52.3 cm³/mol. The quantitative estimate of drug-likeness (QED) is 0.750. The molecule has 2 N–H and O–H groups in total. The Balaban J connectivity index is 2.94. The predicted octanol–water partition coefficient (Wildman–Crippen LogP) is 2.28. The van der Waals surface area contributed by atoms with Crippen molar-refractivity contribution >= 4 is 11.9 Å². The molecule has 0 saturated carbocycles. The molecule has 0 aliphatic heterocycles. The van der Waals surface area contributed by atoms with E-state index in [9.17, 15) is 40.3 Å². The average Bonchev–Trinajstić information content (AvgIpc) is 2.22. The van der Waals surface area contributed by atoms with E-state index in [0.717, 1.165) is 0 Å². The van der Waals surface area contributed by atoms with Crippen LogP contribution in [0.1, 0.15) is 6.42 Å². The van der Waals surface area contributed by atoms with Crippen molar-refractivity contribution in [3.63, 3.8) is 0 Å². The summed E-state index contributed by atoms with van der Waals surface area (Å²) in [6, 6.07) is 0. The van der Waals surface area contributed by atoms with Crippen molar-refractivity contribution in [2.24, 2.45) is 5.92 Å². The van der Waals surface area contributed by atoms with Crippen LogP contribution in [0.3, 0.4) is 0 Å². The van der Waals surface area contributed by atoms with E-state index >= 15 is 0 Å². The van der Waals surface area contributed by atoms with Crippen molar-refractivity contribution in [3.05, 3.63) is 11.1 Å². The Morgan fingerprint density at radius 1 is 1.00 bits per heavy atom. The third-order valence-corrected chi connectivity index (χ3v) is 2.89. The zero-order valence-electron chi connectivity index (χ0n) is 10.3. The lowest BCUT2D eigenvalue weighted by Crippen LogP contribution is -2.56. The molecule has 126 valence electrons. The van der Waals surface area contributed by atoms with Gasteiger partial charge in [-0.1, -0.05) is 0 Å². The van der Waals surface area contributed by atoms with Gasteiger partial charge in [0.25, 0.3) is 0 Å². The summed E-state index contributed by atoms with van der Waals surface area (Å²) in [6.07, 6.45) is -13.5. The summed E-state index contributed by atoms with van der Waals surface area (Å²) in [7, 11) is 0. The van der Waals surface area contributed by atoms with Crippen LogP contribution in [0.15, 0.2) is 11.1 Å². The second-order valence-electron chi connectivity index (χ2n) is 4.31. The number of aliphatic carboxylic acids is 2. The third-order valence-electron chi connectivity index (χ3n) is 2.89. The summed E-state index contributed by atoms with van der Waals surface area (Å²) in [5.74, 6) is -11.1. The van der Waals surface area contributed by atoms with Crippen molar-refractivity contribution in [2.75, 3.05) is 6.61 Å². The summed E-state index contributed by atoms with van der Waals surface area (Å²) in [5.41, 5.74) is -1.61. The second-order valence-corrected chi connectivity index (χ2v) is 4.31. The highest BCUT2D eigenvalue weighted by Crippen LogP contribution is 2.48. The number of halogens is 7. The van der Waals surface area contributed by atoms with E-state index in [4.69, 9.17) is 10.2 Å². The molecule has 5 nitrogen and oxygen atoms in total. The van der Waals surface area contributed by atoms with Crippen LogP contribution in [-0.4, -0.2) is 47.0 Å². The molecule has 0 fully saturated rings. The molecule has 0 bridgehead atoms. The molecule has 1 aliphatic rings. The van der Waals surface area contributed by atoms with Gasteiger partial charge in [0.05, 0.1) is 12.2 Å². The maximum atomic E-state index is 13.2. The van der Waals surface area contributed by atoms with Gasteiger partial charge in [0.2, 0.25) is 0 Å². The normalized spacial score (nSPS) is 19.9. The van der Waals surface area contributed by atoms with Crippen LogP contribution in [0.4, 0.5) is 30.7 Å². The molecule has 1 rings (SSSR count). The van der Waals surface area contributed by atoms with Crippen LogP contribution in [0.2, 0.25) is 0 Å². The van der Waals surface area contributed by atoms with Crippen molar-refractivity contribution in [3.8, 4) is 0 Å². The summed E-state index contributed by atoms with van der Waals surface area (Å²) in [6.45, 7) is -1.59. The van der Waals surface area contributed by atoms with E-state index in [-0.39, 0.29) is 0 Å². The van der Waals surface area contributed by atoms with Gasteiger partial charge < -0.3 is 14.9 Å². The molecule has 0 spiro atoms. The Labute approximate surface area is 117 Å².